The number of rotatable bonds is 5. The predicted molar refractivity (Wildman–Crippen MR) is 74.3 cm³/mol. The number of sulfonamides is 1. The van der Waals surface area contributed by atoms with Crippen LogP contribution in [0, 0.1) is 25.2 Å². The summed E-state index contributed by atoms with van der Waals surface area (Å²) in [6.07, 6.45) is 0. The van der Waals surface area contributed by atoms with E-state index < -0.39 is 10.0 Å². The van der Waals surface area contributed by atoms with Crippen molar-refractivity contribution >= 4 is 15.7 Å². The number of hydrogen-bond donors (Lipinski definition) is 1. The Morgan fingerprint density at radius 3 is 2.52 bits per heavy atom. The van der Waals surface area contributed by atoms with Gasteiger partial charge in [0.15, 0.2) is 17.3 Å². The molecule has 0 aliphatic carbocycles. The zero-order valence-corrected chi connectivity index (χ0v) is 12.3. The summed E-state index contributed by atoms with van der Waals surface area (Å²) in [5.74, 6) is 0.714. The van der Waals surface area contributed by atoms with Gasteiger partial charge in [0.2, 0.25) is 0 Å². The fourth-order valence-corrected chi connectivity index (χ4v) is 3.19. The molecule has 0 amide bonds. The molecule has 0 spiro atoms. The van der Waals surface area contributed by atoms with Gasteiger partial charge in [-0.25, -0.2) is 8.42 Å². The third-order valence-electron chi connectivity index (χ3n) is 2.65. The van der Waals surface area contributed by atoms with Crippen molar-refractivity contribution in [3.63, 3.8) is 0 Å². The van der Waals surface area contributed by atoms with Crippen LogP contribution in [0.15, 0.2) is 33.7 Å². The molecule has 2 rings (SSSR count). The number of aryl methyl sites for hydroxylation is 2. The quantitative estimate of drug-likeness (QED) is 0.905. The van der Waals surface area contributed by atoms with Crippen molar-refractivity contribution in [2.45, 2.75) is 18.7 Å². The van der Waals surface area contributed by atoms with Crippen LogP contribution in [0.2, 0.25) is 0 Å². The monoisotopic (exact) mass is 307 g/mol. The highest BCUT2D eigenvalue weighted by Crippen LogP contribution is 2.23. The fraction of sp³-hybridized carbons (Fsp3) is 0.231. The predicted octanol–water partition coefficient (Wildman–Crippen LogP) is 1.99. The number of hydrogen-bond acceptors (Lipinski definition) is 6. The molecule has 1 N–H and O–H groups in total. The van der Waals surface area contributed by atoms with Crippen LogP contribution in [-0.2, 0) is 10.0 Å². The zero-order valence-electron chi connectivity index (χ0n) is 11.5. The maximum absolute atomic E-state index is 12.3. The number of nitrogens with one attached hydrogen (secondary N) is 1. The molecule has 0 aliphatic heterocycles. The lowest BCUT2D eigenvalue weighted by Gasteiger charge is -2.08. The lowest BCUT2D eigenvalue weighted by Crippen LogP contribution is -2.14. The van der Waals surface area contributed by atoms with Crippen molar-refractivity contribution in [2.24, 2.45) is 0 Å². The second-order valence-electron chi connectivity index (χ2n) is 4.23. The van der Waals surface area contributed by atoms with Crippen molar-refractivity contribution < 1.29 is 17.7 Å². The number of nitrogens with zero attached hydrogens (tertiary/aromatic N) is 2. The average Bonchev–Trinajstić information content (AvgIpc) is 2.77. The molecule has 0 aliphatic rings. The van der Waals surface area contributed by atoms with E-state index in [9.17, 15) is 8.42 Å². The summed E-state index contributed by atoms with van der Waals surface area (Å²) in [6, 6.07) is 8.08. The molecule has 2 aromatic rings. The Morgan fingerprint density at radius 2 is 2.00 bits per heavy atom. The second kappa shape index (κ2) is 5.85. The van der Waals surface area contributed by atoms with Gasteiger partial charge < -0.3 is 9.26 Å². The molecule has 0 unspecified atom stereocenters. The van der Waals surface area contributed by atoms with E-state index >= 15 is 0 Å². The van der Waals surface area contributed by atoms with Crippen LogP contribution in [0.4, 0.5) is 5.69 Å². The zero-order chi connectivity index (χ0) is 15.5. The normalized spacial score (nSPS) is 10.9. The maximum Gasteiger partial charge on any atom is 0.267 e. The van der Waals surface area contributed by atoms with E-state index in [1.807, 2.05) is 6.07 Å². The first kappa shape index (κ1) is 14.9. The molecule has 8 heteroatoms. The highest BCUT2D eigenvalue weighted by Gasteiger charge is 2.24. The van der Waals surface area contributed by atoms with Gasteiger partial charge in [-0.15, -0.1) is 0 Å². The van der Waals surface area contributed by atoms with Crippen LogP contribution < -0.4 is 9.46 Å². The molecule has 21 heavy (non-hydrogen) atoms. The number of aromatic nitrogens is 1. The summed E-state index contributed by atoms with van der Waals surface area (Å²) in [4.78, 5) is 0.0345. The fourth-order valence-electron chi connectivity index (χ4n) is 1.80. The minimum absolute atomic E-state index is 0.0345. The first-order valence-corrected chi connectivity index (χ1v) is 7.48. The Hall–Kier alpha value is -2.53. The largest absolute Gasteiger partial charge is 0.479 e. The van der Waals surface area contributed by atoms with E-state index in [0.29, 0.717) is 17.1 Å². The van der Waals surface area contributed by atoms with Gasteiger partial charge in [-0.3, -0.25) is 4.72 Å². The van der Waals surface area contributed by atoms with E-state index in [1.54, 1.807) is 31.2 Å². The van der Waals surface area contributed by atoms with Gasteiger partial charge in [-0.2, -0.15) is 5.26 Å². The highest BCUT2D eigenvalue weighted by molar-refractivity contribution is 7.92. The smallest absolute Gasteiger partial charge is 0.267 e. The van der Waals surface area contributed by atoms with E-state index in [1.165, 1.54) is 6.92 Å². The van der Waals surface area contributed by atoms with E-state index in [2.05, 4.69) is 9.88 Å². The molecule has 0 atom stereocenters. The SMILES string of the molecule is Cc1noc(C)c1S(=O)(=O)Nc1ccc(OCC#N)cc1. The number of benzene rings is 1. The molecule has 7 nitrogen and oxygen atoms in total. The Labute approximate surface area is 122 Å². The Bertz CT molecular complexity index is 753. The van der Waals surface area contributed by atoms with Crippen molar-refractivity contribution in [1.82, 2.24) is 5.16 Å². The van der Waals surface area contributed by atoms with Gasteiger partial charge in [0.05, 0.1) is 0 Å². The molecule has 1 aromatic heterocycles. The van der Waals surface area contributed by atoms with Crippen molar-refractivity contribution in [3.05, 3.63) is 35.7 Å². The molecular weight excluding hydrogens is 294 g/mol. The summed E-state index contributed by atoms with van der Waals surface area (Å²) >= 11 is 0. The van der Waals surface area contributed by atoms with Gasteiger partial charge in [0.25, 0.3) is 10.0 Å². The van der Waals surface area contributed by atoms with Crippen molar-refractivity contribution in [1.29, 1.82) is 5.26 Å². The van der Waals surface area contributed by atoms with Crippen LogP contribution in [0.3, 0.4) is 0 Å². The van der Waals surface area contributed by atoms with Crippen LogP contribution in [0.1, 0.15) is 11.5 Å². The molecule has 0 fully saturated rings. The molecule has 1 aromatic carbocycles. The van der Waals surface area contributed by atoms with Crippen molar-refractivity contribution in [2.75, 3.05) is 11.3 Å². The van der Waals surface area contributed by atoms with E-state index in [0.717, 1.165) is 0 Å². The van der Waals surface area contributed by atoms with Crippen LogP contribution in [0.25, 0.3) is 0 Å². The minimum atomic E-state index is -3.76. The third kappa shape index (κ3) is 3.32. The summed E-state index contributed by atoms with van der Waals surface area (Å²) in [5.41, 5.74) is 0.674. The number of ether oxygens (including phenoxy) is 1. The molecule has 1 heterocycles. The molecular formula is C13H13N3O4S. The Morgan fingerprint density at radius 1 is 1.33 bits per heavy atom. The number of anilines is 1. The van der Waals surface area contributed by atoms with Crippen molar-refractivity contribution in [3.8, 4) is 11.8 Å². The summed E-state index contributed by atoms with van der Waals surface area (Å²) in [5, 5.41) is 12.0. The molecule has 110 valence electrons. The Kier molecular flexibility index (Phi) is 4.14. The molecule has 0 saturated heterocycles. The van der Waals surface area contributed by atoms with Gasteiger partial charge in [-0.1, -0.05) is 5.16 Å². The second-order valence-corrected chi connectivity index (χ2v) is 5.85. The highest BCUT2D eigenvalue weighted by atomic mass is 32.2. The molecule has 0 radical (unpaired) electrons. The molecule has 0 saturated carbocycles. The van der Waals surface area contributed by atoms with Gasteiger partial charge >= 0.3 is 0 Å². The lowest BCUT2D eigenvalue weighted by molar-refractivity contribution is 0.368. The van der Waals surface area contributed by atoms with Gasteiger partial charge in [-0.05, 0) is 38.1 Å². The first-order valence-electron chi connectivity index (χ1n) is 5.99. The van der Waals surface area contributed by atoms with Crippen LogP contribution in [0.5, 0.6) is 5.75 Å². The van der Waals surface area contributed by atoms with Gasteiger partial charge in [0.1, 0.15) is 17.5 Å². The third-order valence-corrected chi connectivity index (χ3v) is 4.27. The summed E-state index contributed by atoms with van der Waals surface area (Å²) < 4.78 is 36.9. The number of nitriles is 1. The van der Waals surface area contributed by atoms with E-state index in [-0.39, 0.29) is 17.3 Å². The van der Waals surface area contributed by atoms with Crippen LogP contribution >= 0.6 is 0 Å². The maximum atomic E-state index is 12.3. The van der Waals surface area contributed by atoms with Gasteiger partial charge in [0, 0.05) is 5.69 Å². The van der Waals surface area contributed by atoms with E-state index in [4.69, 9.17) is 14.5 Å². The first-order chi connectivity index (χ1) is 9.94. The minimum Gasteiger partial charge on any atom is -0.479 e. The summed E-state index contributed by atoms with van der Waals surface area (Å²) in [6.45, 7) is 3.03. The average molecular weight is 307 g/mol. The summed E-state index contributed by atoms with van der Waals surface area (Å²) in [7, 11) is -3.76. The lowest BCUT2D eigenvalue weighted by atomic mass is 10.3. The standard InChI is InChI=1S/C13H13N3O4S/c1-9-13(10(2)20-15-9)21(17,18)16-11-3-5-12(6-4-11)19-8-7-14/h3-6,16H,8H2,1-2H3. The Balaban J connectivity index is 2.20. The molecule has 0 bridgehead atoms. The topological polar surface area (TPSA) is 105 Å². The van der Waals surface area contributed by atoms with Crippen LogP contribution in [-0.4, -0.2) is 20.2 Å².